The lowest BCUT2D eigenvalue weighted by molar-refractivity contribution is -0.384. The fraction of sp³-hybridized carbons (Fsp3) is 0.400. The van der Waals surface area contributed by atoms with Crippen LogP contribution in [-0.2, 0) is 0 Å². The maximum absolute atomic E-state index is 11.7. The summed E-state index contributed by atoms with van der Waals surface area (Å²) in [5.74, 6) is 0.525. The Bertz CT molecular complexity index is 768. The van der Waals surface area contributed by atoms with Crippen molar-refractivity contribution in [2.24, 2.45) is 0 Å². The molecule has 1 saturated carbocycles. The summed E-state index contributed by atoms with van der Waals surface area (Å²) in [5.41, 5.74) is 0.0719. The highest BCUT2D eigenvalue weighted by atomic mass is 16.6. The standard InChI is InChI=1S/C15H18N6O3/c22-15-19-13(16-10-4-2-1-3-5-10)18-14(20-15)17-11-6-8-12(9-7-11)21(23)24/h6-10H,1-5H2,(H3,16,17,18,19,20,22). The molecular weight excluding hydrogens is 312 g/mol. The molecule has 3 rings (SSSR count). The van der Waals surface area contributed by atoms with Crippen molar-refractivity contribution in [3.8, 4) is 0 Å². The predicted molar refractivity (Wildman–Crippen MR) is 89.5 cm³/mol. The first kappa shape index (κ1) is 15.9. The molecule has 0 unspecified atom stereocenters. The zero-order valence-corrected chi connectivity index (χ0v) is 13.0. The number of nitro benzene ring substituents is 1. The Morgan fingerprint density at radius 2 is 1.83 bits per heavy atom. The number of hydrogen-bond acceptors (Lipinski definition) is 7. The van der Waals surface area contributed by atoms with Crippen molar-refractivity contribution in [2.45, 2.75) is 38.1 Å². The lowest BCUT2D eigenvalue weighted by Gasteiger charge is -2.22. The van der Waals surface area contributed by atoms with E-state index in [0.29, 0.717) is 5.69 Å². The minimum Gasteiger partial charge on any atom is -0.351 e. The number of nitrogens with one attached hydrogen (secondary N) is 3. The number of aromatic amines is 1. The lowest BCUT2D eigenvalue weighted by Crippen LogP contribution is -2.26. The van der Waals surface area contributed by atoms with Gasteiger partial charge in [-0.05, 0) is 25.0 Å². The van der Waals surface area contributed by atoms with Crippen LogP contribution in [-0.4, -0.2) is 25.9 Å². The lowest BCUT2D eigenvalue weighted by atomic mass is 9.96. The van der Waals surface area contributed by atoms with Crippen molar-refractivity contribution in [1.29, 1.82) is 0 Å². The molecule has 126 valence electrons. The van der Waals surface area contributed by atoms with E-state index in [9.17, 15) is 14.9 Å². The molecular formula is C15H18N6O3. The van der Waals surface area contributed by atoms with Crippen molar-refractivity contribution < 1.29 is 4.92 Å². The van der Waals surface area contributed by atoms with Crippen LogP contribution in [0.2, 0.25) is 0 Å². The molecule has 0 bridgehead atoms. The Hall–Kier alpha value is -2.97. The van der Waals surface area contributed by atoms with Gasteiger partial charge in [0.25, 0.3) is 5.69 Å². The van der Waals surface area contributed by atoms with E-state index in [1.165, 1.54) is 18.6 Å². The second-order valence-electron chi connectivity index (χ2n) is 5.73. The smallest absolute Gasteiger partial charge is 0.351 e. The SMILES string of the molecule is O=c1nc(NC2CCCCC2)nc(Nc2ccc([N+](=O)[O-])cc2)[nH]1. The molecule has 0 aliphatic heterocycles. The van der Waals surface area contributed by atoms with E-state index < -0.39 is 10.6 Å². The Morgan fingerprint density at radius 3 is 2.50 bits per heavy atom. The van der Waals surface area contributed by atoms with E-state index in [1.807, 2.05) is 0 Å². The van der Waals surface area contributed by atoms with Crippen LogP contribution in [0.15, 0.2) is 29.1 Å². The molecule has 1 aliphatic carbocycles. The molecule has 0 amide bonds. The minimum atomic E-state index is -0.507. The fourth-order valence-corrected chi connectivity index (χ4v) is 2.74. The summed E-state index contributed by atoms with van der Waals surface area (Å²) >= 11 is 0. The average Bonchev–Trinajstić information content (AvgIpc) is 2.55. The van der Waals surface area contributed by atoms with Gasteiger partial charge in [0.1, 0.15) is 0 Å². The third-order valence-electron chi connectivity index (χ3n) is 3.93. The second kappa shape index (κ2) is 7.07. The number of hydrogen-bond donors (Lipinski definition) is 3. The zero-order chi connectivity index (χ0) is 16.9. The minimum absolute atomic E-state index is 0.00335. The van der Waals surface area contributed by atoms with Crippen molar-refractivity contribution in [3.05, 3.63) is 44.9 Å². The van der Waals surface area contributed by atoms with Gasteiger partial charge in [0, 0.05) is 23.9 Å². The van der Waals surface area contributed by atoms with Gasteiger partial charge >= 0.3 is 5.69 Å². The van der Waals surface area contributed by atoms with E-state index in [1.54, 1.807) is 12.1 Å². The number of non-ortho nitro benzene ring substituents is 1. The average molecular weight is 330 g/mol. The molecule has 9 heteroatoms. The van der Waals surface area contributed by atoms with Crippen LogP contribution in [0, 0.1) is 10.1 Å². The first-order chi connectivity index (χ1) is 11.6. The van der Waals surface area contributed by atoms with Crippen molar-refractivity contribution >= 4 is 23.3 Å². The quantitative estimate of drug-likeness (QED) is 0.568. The van der Waals surface area contributed by atoms with Crippen molar-refractivity contribution in [3.63, 3.8) is 0 Å². The Balaban J connectivity index is 1.73. The third-order valence-corrected chi connectivity index (χ3v) is 3.93. The predicted octanol–water partition coefficient (Wildman–Crippen LogP) is 2.56. The molecule has 0 radical (unpaired) electrons. The molecule has 3 N–H and O–H groups in total. The molecule has 9 nitrogen and oxygen atoms in total. The summed E-state index contributed by atoms with van der Waals surface area (Å²) < 4.78 is 0. The summed E-state index contributed by atoms with van der Waals surface area (Å²) in [6.07, 6.45) is 5.65. The van der Waals surface area contributed by atoms with Gasteiger partial charge in [0.05, 0.1) is 4.92 Å². The van der Waals surface area contributed by atoms with E-state index in [-0.39, 0.29) is 23.6 Å². The maximum Gasteiger partial charge on any atom is 0.351 e. The van der Waals surface area contributed by atoms with Crippen LogP contribution < -0.4 is 16.3 Å². The van der Waals surface area contributed by atoms with Crippen LogP contribution >= 0.6 is 0 Å². The summed E-state index contributed by atoms with van der Waals surface area (Å²) in [6, 6.07) is 6.14. The fourth-order valence-electron chi connectivity index (χ4n) is 2.74. The van der Waals surface area contributed by atoms with Crippen molar-refractivity contribution in [2.75, 3.05) is 10.6 Å². The highest BCUT2D eigenvalue weighted by Gasteiger charge is 2.15. The van der Waals surface area contributed by atoms with Gasteiger partial charge in [-0.15, -0.1) is 0 Å². The van der Waals surface area contributed by atoms with Gasteiger partial charge in [0.15, 0.2) is 0 Å². The highest BCUT2D eigenvalue weighted by molar-refractivity contribution is 5.56. The number of nitrogens with zero attached hydrogens (tertiary/aromatic N) is 3. The first-order valence-electron chi connectivity index (χ1n) is 7.86. The topological polar surface area (TPSA) is 126 Å². The van der Waals surface area contributed by atoms with E-state index in [2.05, 4.69) is 25.6 Å². The Morgan fingerprint density at radius 1 is 1.12 bits per heavy atom. The normalized spacial score (nSPS) is 15.0. The summed E-state index contributed by atoms with van der Waals surface area (Å²) in [7, 11) is 0. The van der Waals surface area contributed by atoms with Crippen LogP contribution in [0.25, 0.3) is 0 Å². The number of aromatic nitrogens is 3. The highest BCUT2D eigenvalue weighted by Crippen LogP contribution is 2.21. The Kier molecular flexibility index (Phi) is 4.69. The zero-order valence-electron chi connectivity index (χ0n) is 13.0. The third kappa shape index (κ3) is 4.06. The molecule has 1 fully saturated rings. The molecule has 24 heavy (non-hydrogen) atoms. The van der Waals surface area contributed by atoms with Gasteiger partial charge in [-0.1, -0.05) is 19.3 Å². The van der Waals surface area contributed by atoms with Gasteiger partial charge in [-0.3, -0.25) is 15.1 Å². The summed E-state index contributed by atoms with van der Waals surface area (Å²) in [4.78, 5) is 32.5. The molecule has 1 aromatic heterocycles. The molecule has 0 atom stereocenters. The molecule has 2 aromatic rings. The summed E-state index contributed by atoms with van der Waals surface area (Å²) in [6.45, 7) is 0. The molecule has 1 aliphatic rings. The summed E-state index contributed by atoms with van der Waals surface area (Å²) in [5, 5.41) is 16.8. The van der Waals surface area contributed by atoms with Crippen molar-refractivity contribution in [1.82, 2.24) is 15.0 Å². The monoisotopic (exact) mass is 330 g/mol. The van der Waals surface area contributed by atoms with Gasteiger partial charge in [-0.25, -0.2) is 4.79 Å². The van der Waals surface area contributed by atoms with Gasteiger partial charge < -0.3 is 10.6 Å². The van der Waals surface area contributed by atoms with Crippen LogP contribution in [0.5, 0.6) is 0 Å². The van der Waals surface area contributed by atoms with Gasteiger partial charge in [-0.2, -0.15) is 9.97 Å². The number of anilines is 3. The molecule has 0 saturated heterocycles. The van der Waals surface area contributed by atoms with E-state index >= 15 is 0 Å². The number of H-pyrrole nitrogens is 1. The molecule has 0 spiro atoms. The maximum atomic E-state index is 11.7. The Labute approximate surface area is 137 Å². The largest absolute Gasteiger partial charge is 0.351 e. The number of rotatable bonds is 5. The molecule has 1 aromatic carbocycles. The molecule has 1 heterocycles. The van der Waals surface area contributed by atoms with Crippen LogP contribution in [0.3, 0.4) is 0 Å². The van der Waals surface area contributed by atoms with Crippen LogP contribution in [0.1, 0.15) is 32.1 Å². The number of benzene rings is 1. The number of nitro groups is 1. The second-order valence-corrected chi connectivity index (χ2v) is 5.73. The van der Waals surface area contributed by atoms with E-state index in [0.717, 1.165) is 25.7 Å². The van der Waals surface area contributed by atoms with E-state index in [4.69, 9.17) is 0 Å². The van der Waals surface area contributed by atoms with Gasteiger partial charge in [0.2, 0.25) is 11.9 Å². The first-order valence-corrected chi connectivity index (χ1v) is 7.86. The van der Waals surface area contributed by atoms with Crippen LogP contribution in [0.4, 0.5) is 23.3 Å².